The molecule has 13 N–H and O–H groups in total. The molecule has 5 aliphatic heterocycles. The minimum atomic E-state index is -2.04. The zero-order chi connectivity index (χ0) is 71.3. The lowest BCUT2D eigenvalue weighted by molar-refractivity contribution is -0.410. The average Bonchev–Trinajstić information content (AvgIpc) is 0.671. The van der Waals surface area contributed by atoms with Crippen molar-refractivity contribution < 1.29 is 142 Å². The second-order valence-corrected chi connectivity index (χ2v) is 31.0. The van der Waals surface area contributed by atoms with Crippen molar-refractivity contribution in [3.63, 3.8) is 0 Å². The molecule has 10 aliphatic rings. The topological polar surface area (TPSA) is 442 Å². The Morgan fingerprint density at radius 1 is 0.582 bits per heavy atom. The van der Waals surface area contributed by atoms with Crippen LogP contribution in [0.25, 0.3) is 6.08 Å². The van der Waals surface area contributed by atoms with Gasteiger partial charge in [0.25, 0.3) is 6.47 Å². The highest BCUT2D eigenvalue weighted by Crippen LogP contribution is 2.76. The molecule has 0 amide bonds. The molecule has 0 radical (unpaired) electrons. The molecule has 11 rings (SSSR count). The lowest BCUT2D eigenvalue weighted by Gasteiger charge is -2.72. The van der Waals surface area contributed by atoms with Gasteiger partial charge in [-0.3, -0.25) is 9.59 Å². The van der Waals surface area contributed by atoms with Gasteiger partial charge in [0.2, 0.25) is 12.6 Å². The fourth-order valence-electron chi connectivity index (χ4n) is 18.7. The second-order valence-electron chi connectivity index (χ2n) is 31.0. The van der Waals surface area contributed by atoms with Crippen molar-refractivity contribution in [2.24, 2.45) is 56.2 Å². The minimum absolute atomic E-state index is 0.0270. The molecule has 5 saturated heterocycles. The Kier molecular flexibility index (Phi) is 21.8. The molecule has 29 heteroatoms. The highest BCUT2D eigenvalue weighted by atomic mass is 16.8. The van der Waals surface area contributed by atoms with Gasteiger partial charge in [-0.25, -0.2) is 4.79 Å². The van der Waals surface area contributed by atoms with Crippen molar-refractivity contribution in [2.45, 2.75) is 273 Å². The highest BCUT2D eigenvalue weighted by Gasteiger charge is 2.74. The van der Waals surface area contributed by atoms with Gasteiger partial charge in [-0.1, -0.05) is 83.5 Å². The standard InChI is InChI=1S/C69H100O29/c1-30-10-12-33(13-11-30)14-17-42(75)93-53-32(3)90-61(55(51(53)84)95-59-49(82)46(79)43(76)31(2)89-59)98-63(86)69-23-22-64(4,5)24-35(69)34-15-16-39-65(6)20-19-41(66(7,28-71)38(65)18-21-67(39,8)68(34,9)25-40(69)74)92-62-56(96-60-50(83)47(80)45(78)37(26-70)91-60)54(52(85)58(97-62)88-29-72)94-57-48(81)44(77)36(73)27-87-57/h10-17,28-29,31-32,34-41,43-62,70,73-74,76-85H,18-27H2,1-9H3/b17-14+/t31?,32?,34?,35-,36?,37?,38+,39+,40+,41-,43?,44?,45?,46?,47?,48?,49?,50?,51?,52?,53?,54?,55?,56?,57?,58?,59?,60?,61?,62?,65-,66-,67+,68+,69+/m0/s1. The number of allylic oxidation sites excluding steroid dienone is 2. The second kappa shape index (κ2) is 28.5. The normalized spacial score (nSPS) is 50.8. The lowest BCUT2D eigenvalue weighted by Crippen LogP contribution is -2.70. The maximum atomic E-state index is 15.8. The number of carbonyl (C=O) groups is 4. The molecule has 4 saturated carbocycles. The lowest BCUT2D eigenvalue weighted by atomic mass is 9.32. The molecule has 1 aromatic rings. The van der Waals surface area contributed by atoms with Crippen molar-refractivity contribution >= 4 is 30.8 Å². The summed E-state index contributed by atoms with van der Waals surface area (Å²) in [5, 5.41) is 145. The number of fused-ring (bicyclic) bond motifs is 7. The summed E-state index contributed by atoms with van der Waals surface area (Å²) >= 11 is 0. The fourth-order valence-corrected chi connectivity index (χ4v) is 18.7. The Hall–Kier alpha value is -4.10. The van der Waals surface area contributed by atoms with Gasteiger partial charge in [0.15, 0.2) is 37.4 Å². The maximum absolute atomic E-state index is 15.8. The van der Waals surface area contributed by atoms with Crippen LogP contribution in [0.1, 0.15) is 118 Å². The Morgan fingerprint density at radius 3 is 1.90 bits per heavy atom. The van der Waals surface area contributed by atoms with E-state index in [0.29, 0.717) is 37.7 Å². The summed E-state index contributed by atoms with van der Waals surface area (Å²) in [6, 6.07) is 7.34. The number of hydrogen-bond acceptors (Lipinski definition) is 29. The summed E-state index contributed by atoms with van der Waals surface area (Å²) in [5.74, 6) is -3.39. The number of hydrogen-bond donors (Lipinski definition) is 13. The summed E-state index contributed by atoms with van der Waals surface area (Å²) in [6.07, 6.45) is -33.7. The van der Waals surface area contributed by atoms with Crippen LogP contribution < -0.4 is 0 Å². The van der Waals surface area contributed by atoms with Crippen molar-refractivity contribution in [3.8, 4) is 0 Å². The maximum Gasteiger partial charge on any atom is 0.331 e. The number of benzene rings is 1. The molecule has 98 heavy (non-hydrogen) atoms. The van der Waals surface area contributed by atoms with E-state index in [2.05, 4.69) is 46.8 Å². The summed E-state index contributed by atoms with van der Waals surface area (Å²) < 4.78 is 72.5. The van der Waals surface area contributed by atoms with Gasteiger partial charge in [-0.2, -0.15) is 0 Å². The first-order chi connectivity index (χ1) is 46.1. The molecule has 29 nitrogen and oxygen atoms in total. The Morgan fingerprint density at radius 2 is 1.22 bits per heavy atom. The first-order valence-corrected chi connectivity index (χ1v) is 34.2. The van der Waals surface area contributed by atoms with E-state index in [0.717, 1.165) is 11.8 Å². The first kappa shape index (κ1) is 75.1. The molecule has 0 bridgehead atoms. The van der Waals surface area contributed by atoms with Gasteiger partial charge in [-0.15, -0.1) is 0 Å². The first-order valence-electron chi connectivity index (χ1n) is 34.2. The van der Waals surface area contributed by atoms with E-state index in [9.17, 15) is 80.8 Å². The van der Waals surface area contributed by atoms with E-state index >= 15 is 4.79 Å². The van der Waals surface area contributed by atoms with Crippen LogP contribution >= 0.6 is 0 Å². The zero-order valence-corrected chi connectivity index (χ0v) is 56.5. The number of aliphatic hydroxyl groups excluding tert-OH is 13. The van der Waals surface area contributed by atoms with Crippen molar-refractivity contribution in [1.82, 2.24) is 0 Å². The molecule has 25 unspecified atom stereocenters. The quantitative estimate of drug-likeness (QED) is 0.0227. The molecule has 0 aromatic heterocycles. The van der Waals surface area contributed by atoms with E-state index in [-0.39, 0.29) is 43.0 Å². The van der Waals surface area contributed by atoms with Gasteiger partial charge >= 0.3 is 11.9 Å². The van der Waals surface area contributed by atoms with Crippen LogP contribution in [0, 0.1) is 63.1 Å². The number of esters is 2. The van der Waals surface area contributed by atoms with Gasteiger partial charge in [0.05, 0.1) is 48.5 Å². The summed E-state index contributed by atoms with van der Waals surface area (Å²) in [4.78, 5) is 55.5. The van der Waals surface area contributed by atoms with Crippen LogP contribution in [0.5, 0.6) is 0 Å². The summed E-state index contributed by atoms with van der Waals surface area (Å²) in [5.41, 5.74) is -3.71. The third kappa shape index (κ3) is 13.1. The Bertz CT molecular complexity index is 3040. The number of aryl methyl sites for hydroxylation is 1. The predicted octanol–water partition coefficient (Wildman–Crippen LogP) is -0.800. The zero-order valence-electron chi connectivity index (χ0n) is 56.5. The minimum Gasteiger partial charge on any atom is -0.454 e. The molecule has 0 spiro atoms. The van der Waals surface area contributed by atoms with Crippen LogP contribution in [0.15, 0.2) is 42.5 Å². The van der Waals surface area contributed by atoms with Crippen molar-refractivity contribution in [2.75, 3.05) is 13.2 Å². The van der Waals surface area contributed by atoms with E-state index < -0.39 is 224 Å². The van der Waals surface area contributed by atoms with Crippen molar-refractivity contribution in [3.05, 3.63) is 53.6 Å². The number of ether oxygens (including phenoxy) is 12. The predicted molar refractivity (Wildman–Crippen MR) is 332 cm³/mol. The van der Waals surface area contributed by atoms with E-state index in [1.54, 1.807) is 19.1 Å². The third-order valence-electron chi connectivity index (χ3n) is 24.7. The smallest absolute Gasteiger partial charge is 0.331 e. The molecule has 1 aromatic carbocycles. The van der Waals surface area contributed by atoms with Crippen LogP contribution in [0.3, 0.4) is 0 Å². The van der Waals surface area contributed by atoms with Crippen LogP contribution in [-0.2, 0) is 76.0 Å². The van der Waals surface area contributed by atoms with E-state index in [1.807, 2.05) is 19.1 Å². The van der Waals surface area contributed by atoms with E-state index in [1.165, 1.54) is 26.0 Å². The fraction of sp³-hybridized carbons (Fsp3) is 0.797. The number of aldehydes is 1. The summed E-state index contributed by atoms with van der Waals surface area (Å²) in [7, 11) is 0. The average molecular weight is 1390 g/mol. The summed E-state index contributed by atoms with van der Waals surface area (Å²) in [6.45, 7) is 15.9. The van der Waals surface area contributed by atoms with Crippen LogP contribution in [0.4, 0.5) is 0 Å². The monoisotopic (exact) mass is 1390 g/mol. The van der Waals surface area contributed by atoms with Gasteiger partial charge < -0.3 is 128 Å². The molecule has 35 atom stereocenters. The molecule has 5 aliphatic carbocycles. The van der Waals surface area contributed by atoms with Gasteiger partial charge in [0, 0.05) is 6.08 Å². The number of carbonyl (C=O) groups excluding carboxylic acids is 4. The largest absolute Gasteiger partial charge is 0.454 e. The number of aliphatic hydroxyl groups is 13. The molecule has 550 valence electrons. The molecular weight excluding hydrogens is 1290 g/mol. The van der Waals surface area contributed by atoms with Crippen LogP contribution in [0.2, 0.25) is 0 Å². The van der Waals surface area contributed by atoms with E-state index in [4.69, 9.17) is 56.8 Å². The Labute approximate surface area is 567 Å². The SMILES string of the molecule is Cc1ccc(/C=C/C(=O)OC2C(C)OC(OC(=O)[C@]34CCC(C)(C)C[C@H]3C3C=C[C@@H]5[C@@]6(C)CC[C@H](OC7OC(OC=O)C(O)C(OC8OCC(O)C(O)C8O)C7OC7OC(CO)C(O)C(O)C7O)[C@@](C)(C=O)[C@@H]6CC[C@@]5(C)[C@]3(C)C[C@H]4O)C(OC3OC(C)C(O)C(O)C3O)C2O)cc1. The van der Waals surface area contributed by atoms with Crippen molar-refractivity contribution in [1.29, 1.82) is 0 Å². The number of rotatable bonds is 17. The molecule has 5 heterocycles. The molecule has 9 fully saturated rings. The molecular formula is C69H100O29. The van der Waals surface area contributed by atoms with Crippen LogP contribution in [-0.4, -0.2) is 264 Å². The third-order valence-corrected chi connectivity index (χ3v) is 24.7. The van der Waals surface area contributed by atoms with Gasteiger partial charge in [-0.05, 0) is 129 Å². The Balaban J connectivity index is 0.876. The highest BCUT2D eigenvalue weighted by molar-refractivity contribution is 5.87. The van der Waals surface area contributed by atoms with Gasteiger partial charge in [0.1, 0.15) is 91.7 Å².